The van der Waals surface area contributed by atoms with Gasteiger partial charge in [-0.3, -0.25) is 0 Å². The second-order valence-electron chi connectivity index (χ2n) is 4.66. The molecule has 1 aliphatic heterocycles. The number of likely N-dealkylation sites (tertiary alicyclic amines) is 1. The van der Waals surface area contributed by atoms with Crippen molar-refractivity contribution in [2.24, 2.45) is 0 Å². The molecule has 0 unspecified atom stereocenters. The number of benzene rings is 1. The number of carboxylic acids is 1. The second kappa shape index (κ2) is 5.32. The minimum absolute atomic E-state index is 0.399. The van der Waals surface area contributed by atoms with Gasteiger partial charge < -0.3 is 10.0 Å². The van der Waals surface area contributed by atoms with Gasteiger partial charge in [0.05, 0.1) is 5.56 Å². The van der Waals surface area contributed by atoms with Crippen molar-refractivity contribution in [3.05, 3.63) is 35.4 Å². The molecule has 0 spiro atoms. The molecule has 1 N–H and O–H groups in total. The van der Waals surface area contributed by atoms with Crippen LogP contribution in [0.15, 0.2) is 24.3 Å². The Bertz CT molecular complexity index is 403. The highest BCUT2D eigenvalue weighted by Crippen LogP contribution is 2.27. The molecule has 1 saturated heterocycles. The monoisotopic (exact) mass is 233 g/mol. The average molecular weight is 233 g/mol. The van der Waals surface area contributed by atoms with Crippen LogP contribution in [0.1, 0.15) is 41.6 Å². The molecular formula is C14H19NO2. The van der Waals surface area contributed by atoms with Crippen LogP contribution in [0.2, 0.25) is 0 Å². The molecule has 3 nitrogen and oxygen atoms in total. The summed E-state index contributed by atoms with van der Waals surface area (Å²) in [6, 6.07) is 7.39. The molecule has 1 aromatic carbocycles. The zero-order valence-corrected chi connectivity index (χ0v) is 10.2. The van der Waals surface area contributed by atoms with Crippen LogP contribution in [0.25, 0.3) is 0 Å². The number of piperidine rings is 1. The van der Waals surface area contributed by atoms with E-state index in [2.05, 4.69) is 17.9 Å². The Morgan fingerprint density at radius 2 is 2.35 bits per heavy atom. The van der Waals surface area contributed by atoms with Gasteiger partial charge in [0, 0.05) is 6.54 Å². The molecule has 0 aliphatic carbocycles. The molecule has 0 saturated carbocycles. The summed E-state index contributed by atoms with van der Waals surface area (Å²) in [4.78, 5) is 13.4. The number of hydrogen-bond acceptors (Lipinski definition) is 2. The predicted molar refractivity (Wildman–Crippen MR) is 67.5 cm³/mol. The molecule has 1 aliphatic rings. The van der Waals surface area contributed by atoms with E-state index in [-0.39, 0.29) is 0 Å². The fourth-order valence-electron chi connectivity index (χ4n) is 2.54. The van der Waals surface area contributed by atoms with E-state index in [0.29, 0.717) is 11.5 Å². The number of aromatic carboxylic acids is 1. The molecule has 1 fully saturated rings. The second-order valence-corrected chi connectivity index (χ2v) is 4.66. The molecule has 0 amide bonds. The largest absolute Gasteiger partial charge is 0.478 e. The first-order valence-corrected chi connectivity index (χ1v) is 6.26. The van der Waals surface area contributed by atoms with E-state index in [9.17, 15) is 4.79 Å². The van der Waals surface area contributed by atoms with Crippen molar-refractivity contribution in [3.8, 4) is 0 Å². The molecule has 0 radical (unpaired) electrons. The Kier molecular flexibility index (Phi) is 3.79. The van der Waals surface area contributed by atoms with E-state index in [1.807, 2.05) is 12.1 Å². The van der Waals surface area contributed by atoms with E-state index in [1.165, 1.54) is 24.9 Å². The summed E-state index contributed by atoms with van der Waals surface area (Å²) in [5, 5.41) is 9.00. The molecular weight excluding hydrogens is 214 g/mol. The van der Waals surface area contributed by atoms with Crippen LogP contribution < -0.4 is 0 Å². The van der Waals surface area contributed by atoms with E-state index >= 15 is 0 Å². The summed E-state index contributed by atoms with van der Waals surface area (Å²) in [6.45, 7) is 5.48. The zero-order chi connectivity index (χ0) is 12.3. The standard InChI is InChI=1S/C14H19NO2/c1-2-15-8-4-7-13(10-15)11-5-3-6-12(9-11)14(16)17/h3,5-6,9,13H,2,4,7-8,10H2,1H3,(H,16,17)/t13-/m1/s1. The lowest BCUT2D eigenvalue weighted by Crippen LogP contribution is -2.34. The van der Waals surface area contributed by atoms with Crippen LogP contribution >= 0.6 is 0 Å². The van der Waals surface area contributed by atoms with Crippen LogP contribution in [0, 0.1) is 0 Å². The van der Waals surface area contributed by atoms with Crippen molar-refractivity contribution in [1.82, 2.24) is 4.90 Å². The van der Waals surface area contributed by atoms with Gasteiger partial charge >= 0.3 is 5.97 Å². The van der Waals surface area contributed by atoms with Gasteiger partial charge in [-0.25, -0.2) is 4.79 Å². The van der Waals surface area contributed by atoms with Crippen molar-refractivity contribution in [2.45, 2.75) is 25.7 Å². The number of carboxylic acid groups (broad SMARTS) is 1. The zero-order valence-electron chi connectivity index (χ0n) is 10.2. The van der Waals surface area contributed by atoms with Crippen LogP contribution in [0.3, 0.4) is 0 Å². The minimum atomic E-state index is -0.838. The van der Waals surface area contributed by atoms with Gasteiger partial charge in [-0.15, -0.1) is 0 Å². The molecule has 17 heavy (non-hydrogen) atoms. The first-order chi connectivity index (χ1) is 8.20. The van der Waals surface area contributed by atoms with Gasteiger partial charge in [0.15, 0.2) is 0 Å². The lowest BCUT2D eigenvalue weighted by Gasteiger charge is -2.32. The summed E-state index contributed by atoms with van der Waals surface area (Å²) in [5.74, 6) is -0.349. The number of rotatable bonds is 3. The summed E-state index contributed by atoms with van der Waals surface area (Å²) < 4.78 is 0. The van der Waals surface area contributed by atoms with Crippen molar-refractivity contribution in [3.63, 3.8) is 0 Å². The number of hydrogen-bond donors (Lipinski definition) is 1. The molecule has 2 rings (SSSR count). The van der Waals surface area contributed by atoms with Crippen molar-refractivity contribution in [1.29, 1.82) is 0 Å². The van der Waals surface area contributed by atoms with Gasteiger partial charge in [0.2, 0.25) is 0 Å². The Hall–Kier alpha value is -1.35. The van der Waals surface area contributed by atoms with Crippen molar-refractivity contribution >= 4 is 5.97 Å². The molecule has 92 valence electrons. The van der Waals surface area contributed by atoms with Crippen LogP contribution in [0.5, 0.6) is 0 Å². The van der Waals surface area contributed by atoms with Gasteiger partial charge in [-0.05, 0) is 49.5 Å². The molecule has 1 aromatic rings. The third-order valence-electron chi connectivity index (χ3n) is 3.56. The maximum absolute atomic E-state index is 10.9. The lowest BCUT2D eigenvalue weighted by atomic mass is 9.90. The van der Waals surface area contributed by atoms with Gasteiger partial charge in [-0.1, -0.05) is 19.1 Å². The van der Waals surface area contributed by atoms with E-state index < -0.39 is 5.97 Å². The van der Waals surface area contributed by atoms with Gasteiger partial charge in [0.1, 0.15) is 0 Å². The van der Waals surface area contributed by atoms with Crippen LogP contribution in [-0.4, -0.2) is 35.6 Å². The normalized spacial score (nSPS) is 21.4. The Labute approximate surface area is 102 Å². The molecule has 1 atom stereocenters. The fourth-order valence-corrected chi connectivity index (χ4v) is 2.54. The molecule has 3 heteroatoms. The average Bonchev–Trinajstić information content (AvgIpc) is 2.39. The summed E-state index contributed by atoms with van der Waals surface area (Å²) in [7, 11) is 0. The Balaban J connectivity index is 2.16. The predicted octanol–water partition coefficient (Wildman–Crippen LogP) is 2.58. The summed E-state index contributed by atoms with van der Waals surface area (Å²) in [5.41, 5.74) is 1.57. The van der Waals surface area contributed by atoms with Crippen molar-refractivity contribution < 1.29 is 9.90 Å². The minimum Gasteiger partial charge on any atom is -0.478 e. The third-order valence-corrected chi connectivity index (χ3v) is 3.56. The van der Waals surface area contributed by atoms with Crippen molar-refractivity contribution in [2.75, 3.05) is 19.6 Å². The highest BCUT2D eigenvalue weighted by atomic mass is 16.4. The lowest BCUT2D eigenvalue weighted by molar-refractivity contribution is 0.0696. The number of carbonyl (C=O) groups is 1. The fraction of sp³-hybridized carbons (Fsp3) is 0.500. The van der Waals surface area contributed by atoms with Gasteiger partial charge in [0.25, 0.3) is 0 Å². The first-order valence-electron chi connectivity index (χ1n) is 6.26. The van der Waals surface area contributed by atoms with Crippen LogP contribution in [0.4, 0.5) is 0 Å². The van der Waals surface area contributed by atoms with Crippen LogP contribution in [-0.2, 0) is 0 Å². The van der Waals surface area contributed by atoms with Gasteiger partial charge in [-0.2, -0.15) is 0 Å². The summed E-state index contributed by atoms with van der Waals surface area (Å²) >= 11 is 0. The maximum atomic E-state index is 10.9. The highest BCUT2D eigenvalue weighted by Gasteiger charge is 2.20. The van der Waals surface area contributed by atoms with E-state index in [0.717, 1.165) is 13.1 Å². The maximum Gasteiger partial charge on any atom is 0.335 e. The number of likely N-dealkylation sites (N-methyl/N-ethyl adjacent to an activating group) is 1. The first kappa shape index (κ1) is 12.1. The smallest absolute Gasteiger partial charge is 0.335 e. The SMILES string of the molecule is CCN1CCC[C@@H](c2cccc(C(=O)O)c2)C1. The van der Waals surface area contributed by atoms with E-state index in [1.54, 1.807) is 6.07 Å². The summed E-state index contributed by atoms with van der Waals surface area (Å²) in [6.07, 6.45) is 2.37. The molecule has 0 aromatic heterocycles. The Morgan fingerprint density at radius 3 is 3.06 bits per heavy atom. The topological polar surface area (TPSA) is 40.5 Å². The quantitative estimate of drug-likeness (QED) is 0.872. The van der Waals surface area contributed by atoms with E-state index in [4.69, 9.17) is 5.11 Å². The molecule has 0 bridgehead atoms. The Morgan fingerprint density at radius 1 is 1.53 bits per heavy atom. The highest BCUT2D eigenvalue weighted by molar-refractivity contribution is 5.87. The number of nitrogens with zero attached hydrogens (tertiary/aromatic N) is 1. The third kappa shape index (κ3) is 2.86. The molecule has 1 heterocycles.